The summed E-state index contributed by atoms with van der Waals surface area (Å²) in [6.07, 6.45) is -1.27. The van der Waals surface area contributed by atoms with Crippen molar-refractivity contribution < 1.29 is 18.0 Å². The molecule has 0 atom stereocenters. The normalized spacial score (nSPS) is 15.1. The molecule has 1 aliphatic heterocycles. The molecule has 31 heavy (non-hydrogen) atoms. The van der Waals surface area contributed by atoms with Crippen LogP contribution >= 0.6 is 0 Å². The molecule has 0 spiro atoms. The molecule has 4 rings (SSSR count). The van der Waals surface area contributed by atoms with Crippen LogP contribution in [-0.4, -0.2) is 51.8 Å². The molecule has 162 valence electrons. The minimum absolute atomic E-state index is 0.0955. The molecule has 0 unspecified atom stereocenters. The highest BCUT2D eigenvalue weighted by atomic mass is 19.4. The summed E-state index contributed by atoms with van der Waals surface area (Å²) in [5.41, 5.74) is 1.43. The molecule has 6 nitrogen and oxygen atoms in total. The summed E-state index contributed by atoms with van der Waals surface area (Å²) < 4.78 is 40.0. The number of carbonyl (C=O) groups excluding carboxylic acids is 1. The number of amides is 1. The number of hydrogen-bond acceptors (Lipinski definition) is 4. The number of benzene rings is 1. The molecule has 9 heteroatoms. The molecule has 3 aromatic rings. The van der Waals surface area contributed by atoms with E-state index in [1.54, 1.807) is 15.8 Å². The fourth-order valence-corrected chi connectivity index (χ4v) is 3.71. The molecule has 1 saturated heterocycles. The van der Waals surface area contributed by atoms with Crippen molar-refractivity contribution in [2.45, 2.75) is 19.5 Å². The Morgan fingerprint density at radius 1 is 0.968 bits per heavy atom. The Morgan fingerprint density at radius 3 is 2.42 bits per heavy atom. The van der Waals surface area contributed by atoms with E-state index >= 15 is 0 Å². The third kappa shape index (κ3) is 4.40. The van der Waals surface area contributed by atoms with E-state index in [1.165, 1.54) is 6.07 Å². The highest BCUT2D eigenvalue weighted by Crippen LogP contribution is 2.29. The van der Waals surface area contributed by atoms with E-state index in [9.17, 15) is 18.0 Å². The molecule has 3 heterocycles. The number of anilines is 1. The molecule has 1 aromatic carbocycles. The molecular weight excluding hydrogens is 407 g/mol. The van der Waals surface area contributed by atoms with Gasteiger partial charge >= 0.3 is 6.18 Å². The number of nitrogens with zero attached hydrogens (tertiary/aromatic N) is 5. The van der Waals surface area contributed by atoms with Crippen molar-refractivity contribution in [2.75, 3.05) is 31.1 Å². The first kappa shape index (κ1) is 20.9. The first-order valence-corrected chi connectivity index (χ1v) is 10.0. The molecule has 0 aliphatic carbocycles. The molecule has 0 radical (unpaired) electrons. The molecule has 0 bridgehead atoms. The molecule has 0 N–H and O–H groups in total. The highest BCUT2D eigenvalue weighted by molar-refractivity contribution is 5.95. The lowest BCUT2D eigenvalue weighted by atomic mass is 10.2. The van der Waals surface area contributed by atoms with Crippen LogP contribution in [0, 0.1) is 6.92 Å². The second-order valence-electron chi connectivity index (χ2n) is 7.43. The number of pyridine rings is 1. The Labute approximate surface area is 177 Å². The van der Waals surface area contributed by atoms with E-state index in [0.29, 0.717) is 44.0 Å². The van der Waals surface area contributed by atoms with E-state index in [2.05, 4.69) is 10.1 Å². The van der Waals surface area contributed by atoms with Gasteiger partial charge in [0.15, 0.2) is 0 Å². The van der Waals surface area contributed by atoms with Gasteiger partial charge in [0.05, 0.1) is 28.7 Å². The Kier molecular flexibility index (Phi) is 5.67. The van der Waals surface area contributed by atoms with Crippen molar-refractivity contribution in [1.82, 2.24) is 19.7 Å². The van der Waals surface area contributed by atoms with Crippen LogP contribution in [0.3, 0.4) is 0 Å². The Hall–Kier alpha value is -3.36. The Bertz CT molecular complexity index is 1050. The van der Waals surface area contributed by atoms with Crippen LogP contribution < -0.4 is 4.90 Å². The Morgan fingerprint density at radius 2 is 1.74 bits per heavy atom. The fourth-order valence-electron chi connectivity index (χ4n) is 3.71. The maximum Gasteiger partial charge on any atom is 0.417 e. The smallest absolute Gasteiger partial charge is 0.355 e. The predicted octanol–water partition coefficient (Wildman–Crippen LogP) is 3.95. The summed E-state index contributed by atoms with van der Waals surface area (Å²) >= 11 is 0. The highest BCUT2D eigenvalue weighted by Gasteiger charge is 2.31. The molecule has 0 saturated carbocycles. The summed E-state index contributed by atoms with van der Waals surface area (Å²) in [4.78, 5) is 20.8. The largest absolute Gasteiger partial charge is 0.417 e. The van der Waals surface area contributed by atoms with Crippen molar-refractivity contribution in [3.63, 3.8) is 0 Å². The standard InChI is InChI=1S/C22H22F3N5O/c1-16-19(15-27-30(16)18-6-3-2-4-7-18)21(31)29-11-5-10-28(12-13-29)20-9-8-17(14-26-20)22(23,24)25/h2-4,6-9,14-15H,5,10-13H2,1H3. The van der Waals surface area contributed by atoms with Gasteiger partial charge in [-0.05, 0) is 37.6 Å². The summed E-state index contributed by atoms with van der Waals surface area (Å²) in [5, 5.41) is 4.37. The summed E-state index contributed by atoms with van der Waals surface area (Å²) in [6.45, 7) is 3.99. The van der Waals surface area contributed by atoms with Crippen LogP contribution in [-0.2, 0) is 6.18 Å². The molecule has 1 amide bonds. The van der Waals surface area contributed by atoms with Crippen LogP contribution in [0.4, 0.5) is 19.0 Å². The van der Waals surface area contributed by atoms with Crippen LogP contribution in [0.15, 0.2) is 54.9 Å². The second kappa shape index (κ2) is 8.41. The number of aromatic nitrogens is 3. The van der Waals surface area contributed by atoms with Crippen molar-refractivity contribution in [3.05, 3.63) is 71.7 Å². The molecule has 1 fully saturated rings. The monoisotopic (exact) mass is 429 g/mol. The summed E-state index contributed by atoms with van der Waals surface area (Å²) in [7, 11) is 0. The lowest BCUT2D eigenvalue weighted by Crippen LogP contribution is -2.35. The first-order valence-electron chi connectivity index (χ1n) is 10.0. The van der Waals surface area contributed by atoms with Gasteiger partial charge in [0, 0.05) is 32.4 Å². The summed E-state index contributed by atoms with van der Waals surface area (Å²) in [6, 6.07) is 12.0. The topological polar surface area (TPSA) is 54.3 Å². The lowest BCUT2D eigenvalue weighted by Gasteiger charge is -2.23. The van der Waals surface area contributed by atoms with Gasteiger partial charge in [-0.2, -0.15) is 18.3 Å². The number of carbonyl (C=O) groups is 1. The van der Waals surface area contributed by atoms with Gasteiger partial charge in [-0.25, -0.2) is 9.67 Å². The minimum Gasteiger partial charge on any atom is -0.355 e. The van der Waals surface area contributed by atoms with E-state index < -0.39 is 11.7 Å². The van der Waals surface area contributed by atoms with Crippen LogP contribution in [0.5, 0.6) is 0 Å². The number of halogens is 3. The number of rotatable bonds is 3. The van der Waals surface area contributed by atoms with Gasteiger partial charge in [-0.15, -0.1) is 0 Å². The number of alkyl halides is 3. The maximum atomic E-state index is 13.1. The molecule has 2 aromatic heterocycles. The third-order valence-corrected chi connectivity index (χ3v) is 5.42. The van der Waals surface area contributed by atoms with Gasteiger partial charge in [-0.1, -0.05) is 18.2 Å². The average molecular weight is 429 g/mol. The SMILES string of the molecule is Cc1c(C(=O)N2CCCN(c3ccc(C(F)(F)F)cn3)CC2)cnn1-c1ccccc1. The molecular formula is C22H22F3N5O. The number of para-hydroxylation sites is 1. The number of hydrogen-bond donors (Lipinski definition) is 0. The van der Waals surface area contributed by atoms with Gasteiger partial charge < -0.3 is 9.80 Å². The van der Waals surface area contributed by atoms with Crippen molar-refractivity contribution >= 4 is 11.7 Å². The summed E-state index contributed by atoms with van der Waals surface area (Å²) in [5.74, 6) is 0.386. The van der Waals surface area contributed by atoms with Crippen LogP contribution in [0.25, 0.3) is 5.69 Å². The quantitative estimate of drug-likeness (QED) is 0.633. The van der Waals surface area contributed by atoms with Gasteiger partial charge in [0.2, 0.25) is 0 Å². The zero-order valence-corrected chi connectivity index (χ0v) is 17.0. The van der Waals surface area contributed by atoms with E-state index in [1.807, 2.05) is 42.2 Å². The van der Waals surface area contributed by atoms with E-state index in [-0.39, 0.29) is 5.91 Å². The van der Waals surface area contributed by atoms with Gasteiger partial charge in [0.1, 0.15) is 5.82 Å². The minimum atomic E-state index is -4.41. The van der Waals surface area contributed by atoms with E-state index in [0.717, 1.165) is 23.6 Å². The van der Waals surface area contributed by atoms with Crippen molar-refractivity contribution in [1.29, 1.82) is 0 Å². The molecule has 1 aliphatic rings. The maximum absolute atomic E-state index is 13.1. The van der Waals surface area contributed by atoms with Crippen molar-refractivity contribution in [2.24, 2.45) is 0 Å². The van der Waals surface area contributed by atoms with Crippen molar-refractivity contribution in [3.8, 4) is 5.69 Å². The predicted molar refractivity (Wildman–Crippen MR) is 110 cm³/mol. The average Bonchev–Trinajstić information content (AvgIpc) is 2.98. The Balaban J connectivity index is 1.46. The van der Waals surface area contributed by atoms with Crippen LogP contribution in [0.1, 0.15) is 28.0 Å². The van der Waals surface area contributed by atoms with E-state index in [4.69, 9.17) is 0 Å². The first-order chi connectivity index (χ1) is 14.8. The van der Waals surface area contributed by atoms with Gasteiger partial charge in [-0.3, -0.25) is 4.79 Å². The second-order valence-corrected chi connectivity index (χ2v) is 7.43. The fraction of sp³-hybridized carbons (Fsp3) is 0.318. The van der Waals surface area contributed by atoms with Crippen LogP contribution in [0.2, 0.25) is 0 Å². The zero-order chi connectivity index (χ0) is 22.0. The zero-order valence-electron chi connectivity index (χ0n) is 17.0. The van der Waals surface area contributed by atoms with Gasteiger partial charge in [0.25, 0.3) is 5.91 Å². The third-order valence-electron chi connectivity index (χ3n) is 5.42. The lowest BCUT2D eigenvalue weighted by molar-refractivity contribution is -0.137.